The van der Waals surface area contributed by atoms with Crippen molar-refractivity contribution in [2.75, 3.05) is 4.90 Å². The van der Waals surface area contributed by atoms with Gasteiger partial charge < -0.3 is 15.3 Å². The van der Waals surface area contributed by atoms with Crippen LogP contribution in [0.2, 0.25) is 0 Å². The van der Waals surface area contributed by atoms with Crippen LogP contribution >= 0.6 is 0 Å². The topological polar surface area (TPSA) is 93.9 Å². The molecule has 0 bridgehead atoms. The molecule has 3 rings (SSSR count). The third kappa shape index (κ3) is 1.91. The summed E-state index contributed by atoms with van der Waals surface area (Å²) in [5.74, 6) is -1.92. The number of nitrogens with zero attached hydrogens (tertiary/aromatic N) is 2. The molecule has 20 heavy (non-hydrogen) atoms. The summed E-state index contributed by atoms with van der Waals surface area (Å²) in [6.07, 6.45) is 5.17. The Hall–Kier alpha value is -1.50. The fourth-order valence-electron chi connectivity index (χ4n) is 3.15. The van der Waals surface area contributed by atoms with E-state index >= 15 is 0 Å². The Morgan fingerprint density at radius 1 is 1.30 bits per heavy atom. The molecule has 108 valence electrons. The molecule has 1 saturated carbocycles. The van der Waals surface area contributed by atoms with Crippen LogP contribution in [-0.2, 0) is 0 Å². The Balaban J connectivity index is 2.03. The van der Waals surface area contributed by atoms with E-state index in [-0.39, 0.29) is 24.6 Å². The van der Waals surface area contributed by atoms with E-state index in [1.54, 1.807) is 0 Å². The first kappa shape index (κ1) is 13.5. The van der Waals surface area contributed by atoms with Crippen LogP contribution in [0.25, 0.3) is 0 Å². The summed E-state index contributed by atoms with van der Waals surface area (Å²) in [5.41, 5.74) is -0.926. The van der Waals surface area contributed by atoms with Gasteiger partial charge >= 0.3 is 0 Å². The monoisotopic (exact) mass is 278 g/mol. The molecule has 6 nitrogen and oxygen atoms in total. The normalized spacial score (nSPS) is 29.2. The second-order valence-electron chi connectivity index (χ2n) is 5.68. The Kier molecular flexibility index (Phi) is 3.04. The zero-order chi connectivity index (χ0) is 14.4. The summed E-state index contributed by atoms with van der Waals surface area (Å²) in [7, 11) is 0. The number of aromatic nitrogens is 1. The van der Waals surface area contributed by atoms with Crippen molar-refractivity contribution in [3.8, 4) is 0 Å². The number of aldehydes is 1. The van der Waals surface area contributed by atoms with Gasteiger partial charge in [-0.1, -0.05) is 6.42 Å². The van der Waals surface area contributed by atoms with Crippen molar-refractivity contribution in [1.29, 1.82) is 0 Å². The Bertz CT molecular complexity index is 530. The van der Waals surface area contributed by atoms with Crippen LogP contribution in [0, 0.1) is 5.92 Å². The highest BCUT2D eigenvalue weighted by molar-refractivity contribution is 5.76. The summed E-state index contributed by atoms with van der Waals surface area (Å²) in [4.78, 5) is 16.1. The van der Waals surface area contributed by atoms with Crippen LogP contribution in [0.15, 0.2) is 18.3 Å². The highest BCUT2D eigenvalue weighted by Gasteiger charge is 2.58. The average molecular weight is 278 g/mol. The number of rotatable bonds is 3. The summed E-state index contributed by atoms with van der Waals surface area (Å²) >= 11 is 0. The second-order valence-corrected chi connectivity index (χ2v) is 5.68. The molecule has 1 aliphatic heterocycles. The molecule has 1 aromatic rings. The lowest BCUT2D eigenvalue weighted by Gasteiger charge is -2.47. The highest BCUT2D eigenvalue weighted by Crippen LogP contribution is 2.49. The lowest BCUT2D eigenvalue weighted by atomic mass is 9.76. The Morgan fingerprint density at radius 2 is 2.05 bits per heavy atom. The summed E-state index contributed by atoms with van der Waals surface area (Å²) in [5, 5.41) is 31.2. The third-order valence-corrected chi connectivity index (χ3v) is 4.47. The first-order valence-electron chi connectivity index (χ1n) is 6.86. The average Bonchev–Trinajstić information content (AvgIpc) is 2.58. The summed E-state index contributed by atoms with van der Waals surface area (Å²) in [6.45, 7) is 0. The van der Waals surface area contributed by atoms with Crippen LogP contribution in [0.3, 0.4) is 0 Å². The number of hydrogen-bond acceptors (Lipinski definition) is 6. The number of aliphatic hydroxyl groups is 3. The quantitative estimate of drug-likeness (QED) is 0.554. The van der Waals surface area contributed by atoms with Crippen molar-refractivity contribution >= 4 is 12.1 Å². The van der Waals surface area contributed by atoms with Gasteiger partial charge in [0.1, 0.15) is 17.8 Å². The zero-order valence-electron chi connectivity index (χ0n) is 11.1. The molecule has 0 amide bonds. The minimum absolute atomic E-state index is 0.00497. The predicted octanol–water partition coefficient (Wildman–Crippen LogP) is 0.621. The van der Waals surface area contributed by atoms with Crippen LogP contribution in [-0.4, -0.2) is 38.2 Å². The SMILES string of the molecule is O=Cc1ccnc(N2C(O)(O)CCC2(O)C2CCC2)c1. The number of anilines is 1. The number of carbonyl (C=O) groups is 1. The molecular weight excluding hydrogens is 260 g/mol. The first-order chi connectivity index (χ1) is 9.47. The van der Waals surface area contributed by atoms with Gasteiger partial charge in [-0.15, -0.1) is 0 Å². The van der Waals surface area contributed by atoms with Gasteiger partial charge in [0, 0.05) is 30.5 Å². The minimum atomic E-state index is -2.14. The molecule has 1 aliphatic carbocycles. The molecule has 1 aromatic heterocycles. The molecule has 6 heteroatoms. The van der Waals surface area contributed by atoms with Gasteiger partial charge in [0.15, 0.2) is 0 Å². The van der Waals surface area contributed by atoms with Crippen LogP contribution < -0.4 is 4.90 Å². The molecule has 2 fully saturated rings. The molecule has 0 radical (unpaired) electrons. The molecule has 0 spiro atoms. The molecule has 1 saturated heterocycles. The second kappa shape index (κ2) is 4.51. The van der Waals surface area contributed by atoms with Gasteiger partial charge in [0.05, 0.1) is 0 Å². The number of pyridine rings is 1. The van der Waals surface area contributed by atoms with Crippen molar-refractivity contribution in [2.24, 2.45) is 5.92 Å². The van der Waals surface area contributed by atoms with Crippen LogP contribution in [0.4, 0.5) is 5.82 Å². The van der Waals surface area contributed by atoms with E-state index in [0.29, 0.717) is 11.8 Å². The molecule has 0 aromatic carbocycles. The number of carbonyl (C=O) groups excluding carboxylic acids is 1. The predicted molar refractivity (Wildman–Crippen MR) is 70.8 cm³/mol. The lowest BCUT2D eigenvalue weighted by molar-refractivity contribution is -0.170. The van der Waals surface area contributed by atoms with Gasteiger partial charge in [-0.25, -0.2) is 4.98 Å². The third-order valence-electron chi connectivity index (χ3n) is 4.47. The fraction of sp³-hybridized carbons (Fsp3) is 0.571. The lowest BCUT2D eigenvalue weighted by Crippen LogP contribution is -2.59. The highest BCUT2D eigenvalue weighted by atomic mass is 16.5. The van der Waals surface area contributed by atoms with Crippen molar-refractivity contribution in [1.82, 2.24) is 4.98 Å². The van der Waals surface area contributed by atoms with Gasteiger partial charge in [-0.05, 0) is 25.0 Å². The molecule has 2 aliphatic rings. The van der Waals surface area contributed by atoms with Crippen LogP contribution in [0.1, 0.15) is 42.5 Å². The van der Waals surface area contributed by atoms with E-state index in [9.17, 15) is 20.1 Å². The molecule has 2 heterocycles. The maximum absolute atomic E-state index is 10.9. The van der Waals surface area contributed by atoms with E-state index in [4.69, 9.17) is 0 Å². The molecule has 3 N–H and O–H groups in total. The molecular formula is C14H18N2O4. The zero-order valence-corrected chi connectivity index (χ0v) is 11.1. The van der Waals surface area contributed by atoms with Gasteiger partial charge in [0.25, 0.3) is 0 Å². The smallest absolute Gasteiger partial charge is 0.250 e. The van der Waals surface area contributed by atoms with E-state index in [1.807, 2.05) is 0 Å². The van der Waals surface area contributed by atoms with Gasteiger partial charge in [-0.3, -0.25) is 9.69 Å². The Labute approximate surface area is 116 Å². The Morgan fingerprint density at radius 3 is 2.65 bits per heavy atom. The van der Waals surface area contributed by atoms with Gasteiger partial charge in [-0.2, -0.15) is 0 Å². The summed E-state index contributed by atoms with van der Waals surface area (Å²) < 4.78 is 0. The van der Waals surface area contributed by atoms with Crippen molar-refractivity contribution in [2.45, 2.75) is 43.7 Å². The standard InChI is InChI=1S/C14H18N2O4/c17-9-10-4-7-15-12(8-10)16-13(18,11-2-1-3-11)5-6-14(16,19)20/h4,7-9,11,18-20H,1-3,5-6H2. The van der Waals surface area contributed by atoms with Crippen molar-refractivity contribution in [3.05, 3.63) is 23.9 Å². The van der Waals surface area contributed by atoms with E-state index in [1.165, 1.54) is 18.3 Å². The van der Waals surface area contributed by atoms with Crippen molar-refractivity contribution < 1.29 is 20.1 Å². The number of hydrogen-bond donors (Lipinski definition) is 3. The fourth-order valence-corrected chi connectivity index (χ4v) is 3.15. The van der Waals surface area contributed by atoms with Crippen molar-refractivity contribution in [3.63, 3.8) is 0 Å². The molecule has 1 atom stereocenters. The van der Waals surface area contributed by atoms with Crippen LogP contribution in [0.5, 0.6) is 0 Å². The van der Waals surface area contributed by atoms with E-state index in [2.05, 4.69) is 4.98 Å². The summed E-state index contributed by atoms with van der Waals surface area (Å²) in [6, 6.07) is 2.99. The van der Waals surface area contributed by atoms with E-state index in [0.717, 1.165) is 24.2 Å². The largest absolute Gasteiger partial charge is 0.370 e. The van der Waals surface area contributed by atoms with Gasteiger partial charge in [0.2, 0.25) is 5.91 Å². The van der Waals surface area contributed by atoms with E-state index < -0.39 is 11.6 Å². The molecule has 1 unspecified atom stereocenters. The first-order valence-corrected chi connectivity index (χ1v) is 6.86. The maximum Gasteiger partial charge on any atom is 0.250 e. The maximum atomic E-state index is 10.9. The minimum Gasteiger partial charge on any atom is -0.370 e.